The van der Waals surface area contributed by atoms with Crippen LogP contribution in [0.3, 0.4) is 0 Å². The number of hydrogen-bond donors (Lipinski definition) is 2. The number of halogens is 2. The van der Waals surface area contributed by atoms with E-state index >= 15 is 0 Å². The molecule has 6 nitrogen and oxygen atoms in total. The third kappa shape index (κ3) is 4.90. The van der Waals surface area contributed by atoms with Gasteiger partial charge in [-0.25, -0.2) is 13.8 Å². The summed E-state index contributed by atoms with van der Waals surface area (Å²) in [5, 5.41) is 8.58. The van der Waals surface area contributed by atoms with E-state index in [0.29, 0.717) is 31.4 Å². The van der Waals surface area contributed by atoms with Gasteiger partial charge in [-0.3, -0.25) is 4.79 Å². The monoisotopic (exact) mass is 521 g/mol. The SMILES string of the molecule is CN1CC(CC2=C(F)CCC=C2F)CC(NC(=O)C2=CC3C(c4nc5ccccc5s4)=NNC3C=C2)C1. The van der Waals surface area contributed by atoms with E-state index in [2.05, 4.69) is 20.7 Å². The number of rotatable bonds is 5. The van der Waals surface area contributed by atoms with Gasteiger partial charge in [-0.15, -0.1) is 11.3 Å². The minimum atomic E-state index is -0.430. The molecule has 9 heteroatoms. The molecule has 192 valence electrons. The first-order valence-corrected chi connectivity index (χ1v) is 13.6. The van der Waals surface area contributed by atoms with Crippen LogP contribution in [0.1, 0.15) is 30.7 Å². The number of nitrogens with one attached hydrogen (secondary N) is 2. The summed E-state index contributed by atoms with van der Waals surface area (Å²) in [4.78, 5) is 20.2. The first kappa shape index (κ1) is 24.2. The Morgan fingerprint density at radius 2 is 2.14 bits per heavy atom. The van der Waals surface area contributed by atoms with Crippen LogP contribution in [-0.2, 0) is 4.79 Å². The summed E-state index contributed by atoms with van der Waals surface area (Å²) in [7, 11) is 1.98. The van der Waals surface area contributed by atoms with Crippen LogP contribution in [0, 0.1) is 11.8 Å². The van der Waals surface area contributed by atoms with E-state index in [1.165, 1.54) is 6.08 Å². The molecule has 1 amide bonds. The molecule has 0 saturated carbocycles. The van der Waals surface area contributed by atoms with Crippen LogP contribution in [0.5, 0.6) is 0 Å². The van der Waals surface area contributed by atoms with E-state index in [9.17, 15) is 13.6 Å². The van der Waals surface area contributed by atoms with Gasteiger partial charge < -0.3 is 15.6 Å². The first-order valence-electron chi connectivity index (χ1n) is 12.8. The van der Waals surface area contributed by atoms with Crippen molar-refractivity contribution in [1.82, 2.24) is 20.6 Å². The Balaban J connectivity index is 1.14. The van der Waals surface area contributed by atoms with Crippen LogP contribution in [-0.4, -0.2) is 53.7 Å². The number of likely N-dealkylation sites (tertiary alicyclic amines) is 1. The van der Waals surface area contributed by atoms with Crippen LogP contribution in [0.15, 0.2) is 76.5 Å². The van der Waals surface area contributed by atoms with Crippen LogP contribution in [0.4, 0.5) is 8.78 Å². The lowest BCUT2D eigenvalue weighted by Gasteiger charge is -2.36. The number of hydrogen-bond acceptors (Lipinski definition) is 6. The van der Waals surface area contributed by atoms with Crippen LogP contribution >= 0.6 is 11.3 Å². The van der Waals surface area contributed by atoms with Crippen LogP contribution < -0.4 is 10.7 Å². The van der Waals surface area contributed by atoms with Crippen molar-refractivity contribution in [3.63, 3.8) is 0 Å². The third-order valence-corrected chi connectivity index (χ3v) is 8.56. The molecule has 1 aromatic carbocycles. The van der Waals surface area contributed by atoms with Gasteiger partial charge in [0.1, 0.15) is 22.4 Å². The highest BCUT2D eigenvalue weighted by atomic mass is 32.1. The standard InChI is InChI=1S/C28H29F2N5OS/c1-35-14-16(12-19-21(29)5-4-6-22(19)30)11-18(15-35)31-27(36)17-9-10-23-20(13-17)26(34-33-23)28-32-24-7-2-3-8-25(24)37-28/h2-3,5,7-10,13,16,18,20,23,33H,4,6,11-12,14-15H2,1H3,(H,31,36). The molecular formula is C28H29F2N5OS. The molecule has 2 N–H and O–H groups in total. The van der Waals surface area contributed by atoms with Gasteiger partial charge in [0.15, 0.2) is 0 Å². The summed E-state index contributed by atoms with van der Waals surface area (Å²) >= 11 is 1.60. The largest absolute Gasteiger partial charge is 0.348 e. The molecule has 1 fully saturated rings. The third-order valence-electron chi connectivity index (χ3n) is 7.51. The summed E-state index contributed by atoms with van der Waals surface area (Å²) < 4.78 is 29.7. The number of amides is 1. The molecule has 4 atom stereocenters. The Morgan fingerprint density at radius 1 is 1.27 bits per heavy atom. The first-order chi connectivity index (χ1) is 17.9. The van der Waals surface area contributed by atoms with E-state index < -0.39 is 5.83 Å². The maximum absolute atomic E-state index is 14.3. The summed E-state index contributed by atoms with van der Waals surface area (Å²) in [6.45, 7) is 1.45. The number of fused-ring (bicyclic) bond motifs is 2. The zero-order valence-corrected chi connectivity index (χ0v) is 21.4. The zero-order chi connectivity index (χ0) is 25.5. The summed E-state index contributed by atoms with van der Waals surface area (Å²) in [6, 6.07) is 7.90. The Kier molecular flexibility index (Phi) is 6.50. The zero-order valence-electron chi connectivity index (χ0n) is 20.6. The van der Waals surface area contributed by atoms with E-state index in [1.807, 2.05) is 49.5 Å². The van der Waals surface area contributed by atoms with Crippen molar-refractivity contribution in [2.75, 3.05) is 20.1 Å². The predicted molar refractivity (Wildman–Crippen MR) is 143 cm³/mol. The molecule has 1 aromatic heterocycles. The fourth-order valence-corrected chi connectivity index (χ4v) is 6.79. The average Bonchev–Trinajstić information content (AvgIpc) is 3.49. The second-order valence-electron chi connectivity index (χ2n) is 10.3. The molecule has 37 heavy (non-hydrogen) atoms. The molecule has 0 bridgehead atoms. The lowest BCUT2D eigenvalue weighted by atomic mass is 9.86. The normalized spacial score (nSPS) is 27.9. The van der Waals surface area contributed by atoms with Crippen molar-refractivity contribution in [3.05, 3.63) is 76.4 Å². The number of likely N-dealkylation sites (N-methyl/N-ethyl adjacent to an activating group) is 1. The number of para-hydroxylation sites is 1. The van der Waals surface area contributed by atoms with E-state index in [4.69, 9.17) is 4.98 Å². The Morgan fingerprint density at radius 3 is 2.97 bits per heavy atom. The highest BCUT2D eigenvalue weighted by Gasteiger charge is 2.35. The molecule has 0 spiro atoms. The maximum atomic E-state index is 14.3. The summed E-state index contributed by atoms with van der Waals surface area (Å²) in [6.07, 6.45) is 8.98. The van der Waals surface area contributed by atoms with Gasteiger partial charge in [-0.05, 0) is 50.4 Å². The van der Waals surface area contributed by atoms with Gasteiger partial charge in [-0.2, -0.15) is 5.10 Å². The number of aromatic nitrogens is 1. The number of carbonyl (C=O) groups is 1. The van der Waals surface area contributed by atoms with Crippen molar-refractivity contribution in [3.8, 4) is 0 Å². The minimum absolute atomic E-state index is 0.00891. The van der Waals surface area contributed by atoms with Gasteiger partial charge in [0, 0.05) is 36.7 Å². The van der Waals surface area contributed by atoms with Crippen LogP contribution in [0.25, 0.3) is 10.2 Å². The number of hydrazone groups is 1. The van der Waals surface area contributed by atoms with Gasteiger partial charge in [0.2, 0.25) is 0 Å². The number of benzene rings is 1. The molecule has 2 aromatic rings. The molecule has 2 aliphatic carbocycles. The van der Waals surface area contributed by atoms with Gasteiger partial charge in [-0.1, -0.05) is 30.4 Å². The highest BCUT2D eigenvalue weighted by molar-refractivity contribution is 7.20. The lowest BCUT2D eigenvalue weighted by Crippen LogP contribution is -2.50. The number of allylic oxidation sites excluding steroid dienone is 4. The number of nitrogens with zero attached hydrogens (tertiary/aromatic N) is 3. The van der Waals surface area contributed by atoms with Gasteiger partial charge in [0.05, 0.1) is 22.2 Å². The molecule has 2 aliphatic heterocycles. The fourth-order valence-electron chi connectivity index (χ4n) is 5.78. The second kappa shape index (κ2) is 9.95. The van der Waals surface area contributed by atoms with Crippen molar-refractivity contribution < 1.29 is 13.6 Å². The Hall–Kier alpha value is -3.17. The van der Waals surface area contributed by atoms with E-state index in [1.54, 1.807) is 11.3 Å². The van der Waals surface area contributed by atoms with Crippen molar-refractivity contribution in [2.24, 2.45) is 16.9 Å². The van der Waals surface area contributed by atoms with Crippen LogP contribution in [0.2, 0.25) is 0 Å². The van der Waals surface area contributed by atoms with Gasteiger partial charge >= 0.3 is 0 Å². The summed E-state index contributed by atoms with van der Waals surface area (Å²) in [5.41, 5.74) is 5.75. The smallest absolute Gasteiger partial charge is 0.251 e. The highest BCUT2D eigenvalue weighted by Crippen LogP contribution is 2.35. The van der Waals surface area contributed by atoms with E-state index in [-0.39, 0.29) is 47.6 Å². The topological polar surface area (TPSA) is 69.6 Å². The molecule has 6 rings (SSSR count). The average molecular weight is 522 g/mol. The molecule has 4 unspecified atom stereocenters. The van der Waals surface area contributed by atoms with Crippen molar-refractivity contribution >= 4 is 33.2 Å². The molecule has 4 aliphatic rings. The molecule has 3 heterocycles. The predicted octanol–water partition coefficient (Wildman–Crippen LogP) is 4.78. The maximum Gasteiger partial charge on any atom is 0.251 e. The fraction of sp³-hybridized carbons (Fsp3) is 0.393. The Bertz CT molecular complexity index is 1360. The second-order valence-corrected chi connectivity index (χ2v) is 11.3. The number of piperidine rings is 1. The molecule has 0 radical (unpaired) electrons. The van der Waals surface area contributed by atoms with Gasteiger partial charge in [0.25, 0.3) is 5.91 Å². The lowest BCUT2D eigenvalue weighted by molar-refractivity contribution is -0.118. The number of carbonyl (C=O) groups excluding carboxylic acids is 1. The van der Waals surface area contributed by atoms with Crippen molar-refractivity contribution in [1.29, 1.82) is 0 Å². The minimum Gasteiger partial charge on any atom is -0.348 e. The Labute approximate surface area is 218 Å². The molecule has 1 saturated heterocycles. The quantitative estimate of drug-likeness (QED) is 0.594. The summed E-state index contributed by atoms with van der Waals surface area (Å²) in [5.74, 6) is -0.918. The van der Waals surface area contributed by atoms with Crippen molar-refractivity contribution in [2.45, 2.75) is 37.8 Å². The van der Waals surface area contributed by atoms with E-state index in [0.717, 1.165) is 27.5 Å². The molecular weight excluding hydrogens is 492 g/mol. The number of thiazole rings is 1.